The van der Waals surface area contributed by atoms with Crippen LogP contribution < -0.4 is 5.73 Å². The third kappa shape index (κ3) is 2.07. The molecule has 2 rings (SSSR count). The summed E-state index contributed by atoms with van der Waals surface area (Å²) >= 11 is 0. The first kappa shape index (κ1) is 12.1. The van der Waals surface area contributed by atoms with Crippen LogP contribution in [0, 0.1) is 5.92 Å². The minimum absolute atomic E-state index is 0.000418. The van der Waals surface area contributed by atoms with Gasteiger partial charge in [-0.25, -0.2) is 0 Å². The topological polar surface area (TPSA) is 81.1 Å². The molecule has 0 radical (unpaired) electrons. The smallest absolute Gasteiger partial charge is 0.314 e. The van der Waals surface area contributed by atoms with E-state index in [1.165, 1.54) is 0 Å². The van der Waals surface area contributed by atoms with Gasteiger partial charge in [0.05, 0.1) is 11.6 Å². The summed E-state index contributed by atoms with van der Waals surface area (Å²) in [5, 5.41) is 13.6. The second kappa shape index (κ2) is 4.14. The summed E-state index contributed by atoms with van der Waals surface area (Å²) in [7, 11) is 0. The van der Waals surface area contributed by atoms with E-state index in [9.17, 15) is 9.90 Å². The molecule has 1 fully saturated rings. The van der Waals surface area contributed by atoms with Gasteiger partial charge in [-0.05, 0) is 18.8 Å². The van der Waals surface area contributed by atoms with Crippen LogP contribution in [0.2, 0.25) is 0 Å². The number of carboxylic acids is 1. The summed E-state index contributed by atoms with van der Waals surface area (Å²) in [5.41, 5.74) is 5.71. The molecule has 5 nitrogen and oxygen atoms in total. The molecule has 1 aromatic rings. The van der Waals surface area contributed by atoms with Gasteiger partial charge in [0.2, 0.25) is 0 Å². The normalized spacial score (nSPS) is 28.1. The third-order valence-electron chi connectivity index (χ3n) is 3.37. The van der Waals surface area contributed by atoms with Crippen molar-refractivity contribution in [1.29, 1.82) is 0 Å². The van der Waals surface area contributed by atoms with Crippen LogP contribution in [0.5, 0.6) is 0 Å². The molecule has 17 heavy (non-hydrogen) atoms. The third-order valence-corrected chi connectivity index (χ3v) is 3.37. The van der Waals surface area contributed by atoms with Crippen LogP contribution in [-0.2, 0) is 16.8 Å². The summed E-state index contributed by atoms with van der Waals surface area (Å²) in [6.45, 7) is 5.02. The zero-order valence-corrected chi connectivity index (χ0v) is 10.3. The number of aliphatic carboxylic acids is 1. The van der Waals surface area contributed by atoms with Crippen LogP contribution in [0.3, 0.4) is 0 Å². The lowest BCUT2D eigenvalue weighted by Gasteiger charge is -2.41. The van der Waals surface area contributed by atoms with Crippen molar-refractivity contribution < 1.29 is 9.90 Å². The monoisotopic (exact) mass is 237 g/mol. The molecule has 0 aliphatic heterocycles. The van der Waals surface area contributed by atoms with E-state index >= 15 is 0 Å². The maximum atomic E-state index is 11.4. The number of nitrogens with two attached hydrogens (primary N) is 1. The molecule has 3 N–H and O–H groups in total. The van der Waals surface area contributed by atoms with E-state index in [0.29, 0.717) is 18.8 Å². The second-order valence-corrected chi connectivity index (χ2v) is 5.40. The van der Waals surface area contributed by atoms with Gasteiger partial charge in [0.1, 0.15) is 0 Å². The molecule has 0 spiro atoms. The van der Waals surface area contributed by atoms with Crippen LogP contribution in [0.1, 0.15) is 32.3 Å². The van der Waals surface area contributed by atoms with Crippen molar-refractivity contribution in [2.45, 2.75) is 44.7 Å². The number of carbonyl (C=O) groups is 1. The molecule has 1 saturated carbocycles. The van der Waals surface area contributed by atoms with E-state index < -0.39 is 11.4 Å². The first-order valence-electron chi connectivity index (χ1n) is 5.96. The van der Waals surface area contributed by atoms with Gasteiger partial charge in [0.25, 0.3) is 0 Å². The molecule has 1 heterocycles. The Labute approximate surface area is 101 Å². The average Bonchev–Trinajstić information content (AvgIpc) is 2.59. The van der Waals surface area contributed by atoms with E-state index in [1.807, 2.05) is 10.9 Å². The fourth-order valence-electron chi connectivity index (χ4n) is 2.45. The minimum atomic E-state index is -0.797. The molecule has 0 amide bonds. The van der Waals surface area contributed by atoms with Crippen LogP contribution in [0.15, 0.2) is 12.4 Å². The van der Waals surface area contributed by atoms with Crippen LogP contribution in [0.4, 0.5) is 0 Å². The van der Waals surface area contributed by atoms with E-state index in [1.54, 1.807) is 6.20 Å². The Bertz CT molecular complexity index is 419. The zero-order chi connectivity index (χ0) is 12.6. The lowest BCUT2D eigenvalue weighted by molar-refractivity contribution is -0.148. The van der Waals surface area contributed by atoms with Crippen molar-refractivity contribution in [3.63, 3.8) is 0 Å². The number of aromatic nitrogens is 2. The van der Waals surface area contributed by atoms with Crippen molar-refractivity contribution in [3.8, 4) is 0 Å². The summed E-state index contributed by atoms with van der Waals surface area (Å²) in [6.07, 6.45) is 4.54. The SMILES string of the molecule is CC(C)Cn1cc(C2(C(=O)O)CC(N)C2)cn1. The molecule has 1 aliphatic rings. The summed E-state index contributed by atoms with van der Waals surface area (Å²) in [4.78, 5) is 11.4. The van der Waals surface area contributed by atoms with Gasteiger partial charge in [-0.2, -0.15) is 5.10 Å². The van der Waals surface area contributed by atoms with E-state index in [0.717, 1.165) is 12.1 Å². The van der Waals surface area contributed by atoms with Gasteiger partial charge in [-0.3, -0.25) is 9.48 Å². The predicted molar refractivity (Wildman–Crippen MR) is 63.6 cm³/mol. The largest absolute Gasteiger partial charge is 0.481 e. The van der Waals surface area contributed by atoms with Crippen molar-refractivity contribution in [3.05, 3.63) is 18.0 Å². The number of carboxylic acid groups (broad SMARTS) is 1. The molecule has 5 heteroatoms. The number of hydrogen-bond acceptors (Lipinski definition) is 3. The first-order chi connectivity index (χ1) is 7.94. The fraction of sp³-hybridized carbons (Fsp3) is 0.667. The maximum Gasteiger partial charge on any atom is 0.314 e. The fourth-order valence-corrected chi connectivity index (χ4v) is 2.45. The molecule has 0 saturated heterocycles. The Morgan fingerprint density at radius 2 is 2.35 bits per heavy atom. The standard InChI is InChI=1S/C12H19N3O2/c1-8(2)6-15-7-9(5-14-15)12(11(16)17)3-10(13)4-12/h5,7-8,10H,3-4,6,13H2,1-2H3,(H,16,17). The molecule has 1 aromatic heterocycles. The van der Waals surface area contributed by atoms with E-state index in [2.05, 4.69) is 18.9 Å². The maximum absolute atomic E-state index is 11.4. The van der Waals surface area contributed by atoms with Gasteiger partial charge in [0, 0.05) is 24.3 Å². The van der Waals surface area contributed by atoms with Crippen molar-refractivity contribution in [2.75, 3.05) is 0 Å². The molecular weight excluding hydrogens is 218 g/mol. The van der Waals surface area contributed by atoms with Gasteiger partial charge >= 0.3 is 5.97 Å². The number of rotatable bonds is 4. The lowest BCUT2D eigenvalue weighted by Crippen LogP contribution is -2.54. The molecule has 94 valence electrons. The summed E-state index contributed by atoms with van der Waals surface area (Å²) in [6, 6.07) is -0.000418. The molecule has 1 aliphatic carbocycles. The second-order valence-electron chi connectivity index (χ2n) is 5.40. The Hall–Kier alpha value is -1.36. The Morgan fingerprint density at radius 3 is 2.82 bits per heavy atom. The zero-order valence-electron chi connectivity index (χ0n) is 10.3. The summed E-state index contributed by atoms with van der Waals surface area (Å²) in [5.74, 6) is -0.296. The summed E-state index contributed by atoms with van der Waals surface area (Å²) < 4.78 is 1.81. The Kier molecular flexibility index (Phi) is 2.95. The molecule has 0 atom stereocenters. The number of hydrogen-bond donors (Lipinski definition) is 2. The Morgan fingerprint density at radius 1 is 1.71 bits per heavy atom. The highest BCUT2D eigenvalue weighted by molar-refractivity contribution is 5.82. The van der Waals surface area contributed by atoms with Crippen LogP contribution in [-0.4, -0.2) is 26.9 Å². The predicted octanol–water partition coefficient (Wildman–Crippen LogP) is 0.983. The van der Waals surface area contributed by atoms with Crippen molar-refractivity contribution >= 4 is 5.97 Å². The van der Waals surface area contributed by atoms with Gasteiger partial charge in [-0.15, -0.1) is 0 Å². The van der Waals surface area contributed by atoms with Crippen molar-refractivity contribution in [1.82, 2.24) is 9.78 Å². The molecule has 0 unspecified atom stereocenters. The van der Waals surface area contributed by atoms with E-state index in [-0.39, 0.29) is 6.04 Å². The quantitative estimate of drug-likeness (QED) is 0.818. The minimum Gasteiger partial charge on any atom is -0.481 e. The highest BCUT2D eigenvalue weighted by atomic mass is 16.4. The van der Waals surface area contributed by atoms with E-state index in [4.69, 9.17) is 5.73 Å². The first-order valence-corrected chi connectivity index (χ1v) is 5.96. The average molecular weight is 237 g/mol. The van der Waals surface area contributed by atoms with Crippen LogP contribution >= 0.6 is 0 Å². The Balaban J connectivity index is 2.21. The lowest BCUT2D eigenvalue weighted by atomic mass is 9.62. The van der Waals surface area contributed by atoms with Crippen LogP contribution in [0.25, 0.3) is 0 Å². The highest BCUT2D eigenvalue weighted by Gasteiger charge is 2.51. The van der Waals surface area contributed by atoms with Crippen molar-refractivity contribution in [2.24, 2.45) is 11.7 Å². The molecular formula is C12H19N3O2. The van der Waals surface area contributed by atoms with Gasteiger partial charge in [0.15, 0.2) is 0 Å². The van der Waals surface area contributed by atoms with Gasteiger partial charge in [-0.1, -0.05) is 13.8 Å². The highest BCUT2D eigenvalue weighted by Crippen LogP contribution is 2.43. The van der Waals surface area contributed by atoms with Gasteiger partial charge < -0.3 is 10.8 Å². The molecule has 0 bridgehead atoms. The number of nitrogens with zero attached hydrogens (tertiary/aromatic N) is 2. The molecule has 0 aromatic carbocycles.